The van der Waals surface area contributed by atoms with E-state index in [0.717, 1.165) is 10.9 Å². The maximum absolute atomic E-state index is 3.47. The summed E-state index contributed by atoms with van der Waals surface area (Å²) in [6.45, 7) is 2.13. The normalized spacial score (nSPS) is 11.0. The predicted octanol–water partition coefficient (Wildman–Crippen LogP) is 4.83. The Morgan fingerprint density at radius 3 is 2.56 bits per heavy atom. The lowest BCUT2D eigenvalue weighted by atomic mass is 10.1. The summed E-state index contributed by atoms with van der Waals surface area (Å²) in [6, 6.07) is 17.2. The van der Waals surface area contributed by atoms with E-state index in [9.17, 15) is 0 Å². The Labute approximate surface area is 115 Å². The highest BCUT2D eigenvalue weighted by Crippen LogP contribution is 2.19. The minimum Gasteiger partial charge on any atom is -0.358 e. The molecule has 0 fully saturated rings. The standard InChI is InChI=1S/C16H14BrN/c1-11-2-7-16-13(8-11)10-15(18-16)9-12-3-5-14(17)6-4-12/h2-8,10,18H,9H2,1H3. The van der Waals surface area contributed by atoms with E-state index in [1.165, 1.54) is 27.7 Å². The van der Waals surface area contributed by atoms with Gasteiger partial charge in [-0.05, 0) is 48.2 Å². The molecule has 0 radical (unpaired) electrons. The van der Waals surface area contributed by atoms with Crippen molar-refractivity contribution in [2.75, 3.05) is 0 Å². The number of hydrogen-bond acceptors (Lipinski definition) is 0. The van der Waals surface area contributed by atoms with Crippen LogP contribution in [0.2, 0.25) is 0 Å². The minimum atomic E-state index is 0.945. The highest BCUT2D eigenvalue weighted by atomic mass is 79.9. The fourth-order valence-electron chi connectivity index (χ4n) is 2.23. The second kappa shape index (κ2) is 4.62. The van der Waals surface area contributed by atoms with Crippen molar-refractivity contribution in [3.8, 4) is 0 Å². The quantitative estimate of drug-likeness (QED) is 0.697. The SMILES string of the molecule is Cc1ccc2[nH]c(Cc3ccc(Br)cc3)cc2c1. The molecule has 0 aliphatic heterocycles. The van der Waals surface area contributed by atoms with Gasteiger partial charge < -0.3 is 4.98 Å². The zero-order valence-electron chi connectivity index (χ0n) is 10.2. The van der Waals surface area contributed by atoms with Gasteiger partial charge in [0.15, 0.2) is 0 Å². The van der Waals surface area contributed by atoms with Crippen LogP contribution >= 0.6 is 15.9 Å². The zero-order valence-corrected chi connectivity index (χ0v) is 11.8. The van der Waals surface area contributed by atoms with Crippen LogP contribution in [0.25, 0.3) is 10.9 Å². The molecule has 2 heteroatoms. The lowest BCUT2D eigenvalue weighted by Gasteiger charge is -1.99. The van der Waals surface area contributed by atoms with Crippen molar-refractivity contribution in [1.82, 2.24) is 4.98 Å². The molecule has 0 unspecified atom stereocenters. The van der Waals surface area contributed by atoms with E-state index in [0.29, 0.717) is 0 Å². The molecule has 1 N–H and O–H groups in total. The molecule has 1 heterocycles. The first kappa shape index (κ1) is 11.5. The largest absolute Gasteiger partial charge is 0.358 e. The fourth-order valence-corrected chi connectivity index (χ4v) is 2.49. The van der Waals surface area contributed by atoms with Crippen molar-refractivity contribution < 1.29 is 0 Å². The number of H-pyrrole nitrogens is 1. The molecule has 0 bridgehead atoms. The van der Waals surface area contributed by atoms with Crippen LogP contribution in [0.1, 0.15) is 16.8 Å². The van der Waals surface area contributed by atoms with E-state index in [2.05, 4.69) is 76.4 Å². The number of aryl methyl sites for hydroxylation is 1. The molecule has 1 nitrogen and oxygen atoms in total. The van der Waals surface area contributed by atoms with E-state index in [-0.39, 0.29) is 0 Å². The summed E-state index contributed by atoms with van der Waals surface area (Å²) in [7, 11) is 0. The molecule has 0 spiro atoms. The second-order valence-electron chi connectivity index (χ2n) is 4.69. The Hall–Kier alpha value is -1.54. The number of halogens is 1. The van der Waals surface area contributed by atoms with Crippen LogP contribution in [0, 0.1) is 6.92 Å². The summed E-state index contributed by atoms with van der Waals surface area (Å²) in [6.07, 6.45) is 0.945. The number of rotatable bonds is 2. The Kier molecular flexibility index (Phi) is 2.96. The summed E-state index contributed by atoms with van der Waals surface area (Å²) >= 11 is 3.46. The molecule has 0 saturated heterocycles. The molecule has 0 atom stereocenters. The zero-order chi connectivity index (χ0) is 12.5. The Morgan fingerprint density at radius 1 is 1.00 bits per heavy atom. The topological polar surface area (TPSA) is 15.8 Å². The molecule has 90 valence electrons. The van der Waals surface area contributed by atoms with Crippen LogP contribution in [0.5, 0.6) is 0 Å². The molecule has 3 rings (SSSR count). The summed E-state index contributed by atoms with van der Waals surface area (Å²) in [5.41, 5.74) is 5.10. The molecule has 1 aromatic heterocycles. The number of nitrogens with one attached hydrogen (secondary N) is 1. The van der Waals surface area contributed by atoms with E-state index in [4.69, 9.17) is 0 Å². The van der Waals surface area contributed by atoms with Crippen LogP contribution in [-0.2, 0) is 6.42 Å². The van der Waals surface area contributed by atoms with Crippen molar-refractivity contribution in [1.29, 1.82) is 0 Å². The van der Waals surface area contributed by atoms with Gasteiger partial charge in [-0.15, -0.1) is 0 Å². The van der Waals surface area contributed by atoms with Gasteiger partial charge in [0.05, 0.1) is 0 Å². The summed E-state index contributed by atoms with van der Waals surface area (Å²) in [5, 5.41) is 1.29. The van der Waals surface area contributed by atoms with Gasteiger partial charge in [0.25, 0.3) is 0 Å². The lowest BCUT2D eigenvalue weighted by molar-refractivity contribution is 1.12. The first-order valence-corrected chi connectivity index (χ1v) is 6.83. The lowest BCUT2D eigenvalue weighted by Crippen LogP contribution is -1.87. The van der Waals surface area contributed by atoms with Crippen LogP contribution < -0.4 is 0 Å². The summed E-state index contributed by atoms with van der Waals surface area (Å²) in [4.78, 5) is 3.47. The van der Waals surface area contributed by atoms with Crippen LogP contribution in [0.15, 0.2) is 53.0 Å². The third-order valence-corrected chi connectivity index (χ3v) is 3.67. The molecule has 0 saturated carbocycles. The smallest absolute Gasteiger partial charge is 0.0456 e. The monoisotopic (exact) mass is 299 g/mol. The highest BCUT2D eigenvalue weighted by Gasteiger charge is 2.02. The van der Waals surface area contributed by atoms with E-state index < -0.39 is 0 Å². The van der Waals surface area contributed by atoms with Crippen LogP contribution in [0.3, 0.4) is 0 Å². The summed E-state index contributed by atoms with van der Waals surface area (Å²) < 4.78 is 1.12. The Balaban J connectivity index is 1.92. The second-order valence-corrected chi connectivity index (χ2v) is 5.60. The van der Waals surface area contributed by atoms with Crippen molar-refractivity contribution >= 4 is 26.8 Å². The molecule has 0 amide bonds. The third-order valence-electron chi connectivity index (χ3n) is 3.14. The molecule has 3 aromatic rings. The average Bonchev–Trinajstić information content (AvgIpc) is 2.73. The van der Waals surface area contributed by atoms with E-state index in [1.807, 2.05) is 0 Å². The molecule has 0 aliphatic carbocycles. The molecular formula is C16H14BrN. The van der Waals surface area contributed by atoms with Gasteiger partial charge in [0.1, 0.15) is 0 Å². The first-order valence-electron chi connectivity index (χ1n) is 6.03. The molecule has 2 aromatic carbocycles. The van der Waals surface area contributed by atoms with Crippen molar-refractivity contribution in [2.24, 2.45) is 0 Å². The summed E-state index contributed by atoms with van der Waals surface area (Å²) in [5.74, 6) is 0. The predicted molar refractivity (Wildman–Crippen MR) is 80.0 cm³/mol. The number of aromatic amines is 1. The van der Waals surface area contributed by atoms with Gasteiger partial charge in [-0.25, -0.2) is 0 Å². The molecule has 18 heavy (non-hydrogen) atoms. The Morgan fingerprint density at radius 2 is 1.78 bits per heavy atom. The van der Waals surface area contributed by atoms with E-state index >= 15 is 0 Å². The Bertz CT molecular complexity index is 680. The van der Waals surface area contributed by atoms with Crippen molar-refractivity contribution in [3.63, 3.8) is 0 Å². The molecular weight excluding hydrogens is 286 g/mol. The van der Waals surface area contributed by atoms with Crippen molar-refractivity contribution in [3.05, 3.63) is 69.8 Å². The first-order chi connectivity index (χ1) is 8.70. The van der Waals surface area contributed by atoms with Crippen LogP contribution in [0.4, 0.5) is 0 Å². The van der Waals surface area contributed by atoms with Crippen molar-refractivity contribution in [2.45, 2.75) is 13.3 Å². The number of aromatic nitrogens is 1. The minimum absolute atomic E-state index is 0.945. The van der Waals surface area contributed by atoms with E-state index in [1.54, 1.807) is 0 Å². The van der Waals surface area contributed by atoms with Gasteiger partial charge in [-0.2, -0.15) is 0 Å². The van der Waals surface area contributed by atoms with Gasteiger partial charge in [-0.1, -0.05) is 39.7 Å². The molecule has 0 aliphatic rings. The van der Waals surface area contributed by atoms with Gasteiger partial charge in [0, 0.05) is 22.1 Å². The van der Waals surface area contributed by atoms with Gasteiger partial charge in [-0.3, -0.25) is 0 Å². The van der Waals surface area contributed by atoms with Gasteiger partial charge in [0.2, 0.25) is 0 Å². The number of fused-ring (bicyclic) bond motifs is 1. The maximum atomic E-state index is 3.47. The highest BCUT2D eigenvalue weighted by molar-refractivity contribution is 9.10. The third kappa shape index (κ3) is 2.34. The van der Waals surface area contributed by atoms with Gasteiger partial charge >= 0.3 is 0 Å². The van der Waals surface area contributed by atoms with Crippen LogP contribution in [-0.4, -0.2) is 4.98 Å². The fraction of sp³-hybridized carbons (Fsp3) is 0.125. The number of benzene rings is 2. The maximum Gasteiger partial charge on any atom is 0.0456 e. The average molecular weight is 300 g/mol. The number of hydrogen-bond donors (Lipinski definition) is 1.